The van der Waals surface area contributed by atoms with E-state index in [9.17, 15) is 4.79 Å². The van der Waals surface area contributed by atoms with Crippen LogP contribution in [0.4, 0.5) is 0 Å². The van der Waals surface area contributed by atoms with Gasteiger partial charge in [0.25, 0.3) is 0 Å². The van der Waals surface area contributed by atoms with Crippen LogP contribution in [0, 0.1) is 17.8 Å². The van der Waals surface area contributed by atoms with Crippen LogP contribution < -0.4 is 0 Å². The molecule has 0 amide bonds. The van der Waals surface area contributed by atoms with E-state index in [1.54, 1.807) is 0 Å². The average molecular weight is 152 g/mol. The van der Waals surface area contributed by atoms with Gasteiger partial charge in [0.15, 0.2) is 0 Å². The molecule has 0 saturated carbocycles. The number of hydrogen-bond acceptors (Lipinski definition) is 1. The summed E-state index contributed by atoms with van der Waals surface area (Å²) < 4.78 is 0. The maximum atomic E-state index is 11.0. The molecule has 0 aromatic heterocycles. The van der Waals surface area contributed by atoms with Crippen molar-refractivity contribution in [3.63, 3.8) is 0 Å². The Hall–Kier alpha value is -0.770. The molecule has 0 fully saturated rings. The molecule has 1 heteroatoms. The topological polar surface area (TPSA) is 17.1 Å². The minimum absolute atomic E-state index is 0.165. The van der Waals surface area contributed by atoms with Crippen molar-refractivity contribution >= 4 is 5.78 Å². The van der Waals surface area contributed by atoms with Crippen LogP contribution in [0.25, 0.3) is 0 Å². The molecule has 0 spiro atoms. The third kappa shape index (κ3) is 5.66. The normalized spacial score (nSPS) is 9.09. The van der Waals surface area contributed by atoms with Gasteiger partial charge >= 0.3 is 0 Å². The van der Waals surface area contributed by atoms with E-state index in [0.29, 0.717) is 12.2 Å². The highest BCUT2D eigenvalue weighted by Gasteiger charge is 2.04. The lowest BCUT2D eigenvalue weighted by Crippen LogP contribution is -2.05. The number of rotatable bonds is 3. The number of Topliss-reactive ketones (excluding diaryl/α,β-unsaturated/α-hetero) is 1. The van der Waals surface area contributed by atoms with E-state index < -0.39 is 0 Å². The summed E-state index contributed by atoms with van der Waals surface area (Å²) in [6.07, 6.45) is 2.23. The lowest BCUT2D eigenvalue weighted by atomic mass is 10.1. The molecule has 0 unspecified atom stereocenters. The van der Waals surface area contributed by atoms with Gasteiger partial charge in [0.1, 0.15) is 5.78 Å². The maximum Gasteiger partial charge on any atom is 0.136 e. The van der Waals surface area contributed by atoms with Crippen molar-refractivity contribution in [1.82, 2.24) is 0 Å². The molecule has 0 saturated heterocycles. The molecule has 62 valence electrons. The smallest absolute Gasteiger partial charge is 0.136 e. The monoisotopic (exact) mass is 152 g/mol. The molecule has 0 bridgehead atoms. The molecule has 0 rings (SSSR count). The summed E-state index contributed by atoms with van der Waals surface area (Å²) in [6.45, 7) is 5.86. The van der Waals surface area contributed by atoms with Crippen LogP contribution in [0.2, 0.25) is 0 Å². The summed E-state index contributed by atoms with van der Waals surface area (Å²) in [5.41, 5.74) is 0. The first-order chi connectivity index (χ1) is 5.18. The average Bonchev–Trinajstić information content (AvgIpc) is 1.97. The molecule has 0 heterocycles. The van der Waals surface area contributed by atoms with Gasteiger partial charge in [-0.15, -0.1) is 11.8 Å². The third-order valence-electron chi connectivity index (χ3n) is 1.44. The summed E-state index contributed by atoms with van der Waals surface area (Å²) in [5, 5.41) is 0. The van der Waals surface area contributed by atoms with Crippen molar-refractivity contribution in [3.05, 3.63) is 0 Å². The highest BCUT2D eigenvalue weighted by molar-refractivity contribution is 5.80. The van der Waals surface area contributed by atoms with E-state index in [1.165, 1.54) is 0 Å². The zero-order valence-electron chi connectivity index (χ0n) is 7.61. The highest BCUT2D eigenvalue weighted by atomic mass is 16.1. The van der Waals surface area contributed by atoms with Gasteiger partial charge in [-0.1, -0.05) is 20.8 Å². The summed E-state index contributed by atoms with van der Waals surface area (Å²) in [6, 6.07) is 0. The van der Waals surface area contributed by atoms with E-state index in [2.05, 4.69) is 11.8 Å². The van der Waals surface area contributed by atoms with E-state index >= 15 is 0 Å². The summed E-state index contributed by atoms with van der Waals surface area (Å²) in [5.74, 6) is 6.37. The van der Waals surface area contributed by atoms with Crippen molar-refractivity contribution in [3.8, 4) is 11.8 Å². The predicted octanol–water partition coefficient (Wildman–Crippen LogP) is 2.41. The first kappa shape index (κ1) is 10.2. The van der Waals surface area contributed by atoms with Gasteiger partial charge in [-0.3, -0.25) is 4.79 Å². The first-order valence-electron chi connectivity index (χ1n) is 4.17. The molecule has 0 aliphatic heterocycles. The Bertz CT molecular complexity index is 169. The molecule has 0 N–H and O–H groups in total. The quantitative estimate of drug-likeness (QED) is 0.567. The largest absolute Gasteiger partial charge is 0.299 e. The molecule has 0 aromatic carbocycles. The molecular formula is C10H16O. The Kier molecular flexibility index (Phi) is 5.56. The molecule has 0 radical (unpaired) electrons. The predicted molar refractivity (Wildman–Crippen MR) is 47.1 cm³/mol. The van der Waals surface area contributed by atoms with Crippen molar-refractivity contribution in [2.24, 2.45) is 5.92 Å². The minimum Gasteiger partial charge on any atom is -0.299 e. The second kappa shape index (κ2) is 5.97. The maximum absolute atomic E-state index is 11.0. The number of ketones is 1. The minimum atomic E-state index is 0.165. The Morgan fingerprint density at radius 2 is 2.00 bits per heavy atom. The van der Waals surface area contributed by atoms with E-state index in [-0.39, 0.29) is 5.92 Å². The zero-order chi connectivity index (χ0) is 8.69. The lowest BCUT2D eigenvalue weighted by molar-refractivity contribution is -0.121. The van der Waals surface area contributed by atoms with Gasteiger partial charge in [-0.05, 0) is 0 Å². The van der Waals surface area contributed by atoms with Gasteiger partial charge in [-0.2, -0.15) is 0 Å². The van der Waals surface area contributed by atoms with Gasteiger partial charge in [0.2, 0.25) is 0 Å². The van der Waals surface area contributed by atoms with Crippen LogP contribution >= 0.6 is 0 Å². The zero-order valence-corrected chi connectivity index (χ0v) is 7.61. The lowest BCUT2D eigenvalue weighted by Gasteiger charge is -1.98. The van der Waals surface area contributed by atoms with Crippen molar-refractivity contribution in [1.29, 1.82) is 0 Å². The summed E-state index contributed by atoms with van der Waals surface area (Å²) >= 11 is 0. The molecule has 0 aliphatic rings. The molecule has 11 heavy (non-hydrogen) atoms. The summed E-state index contributed by atoms with van der Waals surface area (Å²) in [7, 11) is 0. The van der Waals surface area contributed by atoms with Crippen LogP contribution in [-0.2, 0) is 4.79 Å². The number of carbonyl (C=O) groups excluding carboxylic acids is 1. The van der Waals surface area contributed by atoms with E-state index in [0.717, 1.165) is 12.8 Å². The molecule has 0 atom stereocenters. The fourth-order valence-corrected chi connectivity index (χ4v) is 0.688. The van der Waals surface area contributed by atoms with Crippen LogP contribution in [0.3, 0.4) is 0 Å². The van der Waals surface area contributed by atoms with Crippen LogP contribution in [0.5, 0.6) is 0 Å². The van der Waals surface area contributed by atoms with Gasteiger partial charge in [-0.25, -0.2) is 0 Å². The second-order valence-electron chi connectivity index (χ2n) is 2.83. The Labute approximate surface area is 69.2 Å². The van der Waals surface area contributed by atoms with Crippen LogP contribution in [-0.4, -0.2) is 5.78 Å². The number of carbonyl (C=O) groups is 1. The SMILES string of the molecule is CCC#CCCC(=O)C(C)C. The van der Waals surface area contributed by atoms with Crippen LogP contribution in [0.15, 0.2) is 0 Å². The second-order valence-corrected chi connectivity index (χ2v) is 2.83. The van der Waals surface area contributed by atoms with Gasteiger partial charge in [0.05, 0.1) is 0 Å². The fourth-order valence-electron chi connectivity index (χ4n) is 0.688. The van der Waals surface area contributed by atoms with Gasteiger partial charge in [0, 0.05) is 25.2 Å². The first-order valence-corrected chi connectivity index (χ1v) is 4.17. The standard InChI is InChI=1S/C10H16O/c1-4-5-6-7-8-10(11)9(2)3/h9H,4,7-8H2,1-3H3. The van der Waals surface area contributed by atoms with Crippen molar-refractivity contribution in [2.45, 2.75) is 40.0 Å². The molecular weight excluding hydrogens is 136 g/mol. The van der Waals surface area contributed by atoms with E-state index in [4.69, 9.17) is 0 Å². The molecule has 1 nitrogen and oxygen atoms in total. The summed E-state index contributed by atoms with van der Waals surface area (Å²) in [4.78, 5) is 11.0. The van der Waals surface area contributed by atoms with Gasteiger partial charge < -0.3 is 0 Å². The molecule has 0 aromatic rings. The van der Waals surface area contributed by atoms with Crippen LogP contribution in [0.1, 0.15) is 40.0 Å². The van der Waals surface area contributed by atoms with Crippen molar-refractivity contribution < 1.29 is 4.79 Å². The van der Waals surface area contributed by atoms with E-state index in [1.807, 2.05) is 20.8 Å². The Morgan fingerprint density at radius 1 is 1.36 bits per heavy atom. The van der Waals surface area contributed by atoms with Crippen molar-refractivity contribution in [2.75, 3.05) is 0 Å². The Balaban J connectivity index is 3.47. The fraction of sp³-hybridized carbons (Fsp3) is 0.700. The molecule has 0 aliphatic carbocycles. The Morgan fingerprint density at radius 3 is 2.45 bits per heavy atom. The third-order valence-corrected chi connectivity index (χ3v) is 1.44. The number of hydrogen-bond donors (Lipinski definition) is 0. The highest BCUT2D eigenvalue weighted by Crippen LogP contribution is 2.00.